The third-order valence-electron chi connectivity index (χ3n) is 2.37. The minimum atomic E-state index is 0.518. The Kier molecular flexibility index (Phi) is 4.23. The molecular weight excluding hydrogens is 282 g/mol. The zero-order chi connectivity index (χ0) is 12.1. The first-order valence-corrected chi connectivity index (χ1v) is 6.17. The fourth-order valence-electron chi connectivity index (χ4n) is 1.53. The fraction of sp³-hybridized carbons (Fsp3) is 0.231. The van der Waals surface area contributed by atoms with Gasteiger partial charge in [-0.3, -0.25) is 0 Å². The van der Waals surface area contributed by atoms with Gasteiger partial charge in [0, 0.05) is 10.0 Å². The zero-order valence-corrected chi connectivity index (χ0v) is 11.2. The van der Waals surface area contributed by atoms with Crippen LogP contribution in [-0.4, -0.2) is 7.05 Å². The average molecular weight is 296 g/mol. The predicted octanol–water partition coefficient (Wildman–Crippen LogP) is 3.34. The van der Waals surface area contributed by atoms with Gasteiger partial charge in [-0.25, -0.2) is 0 Å². The van der Waals surface area contributed by atoms with Crippen molar-refractivity contribution < 1.29 is 9.15 Å². The molecule has 0 bridgehead atoms. The smallest absolute Gasteiger partial charge is 0.124 e. The van der Waals surface area contributed by atoms with Gasteiger partial charge in [0.15, 0.2) is 0 Å². The molecular formula is C13H14BrNO2. The zero-order valence-electron chi connectivity index (χ0n) is 9.57. The van der Waals surface area contributed by atoms with Crippen molar-refractivity contribution in [3.8, 4) is 5.75 Å². The molecule has 2 aromatic rings. The molecule has 0 saturated carbocycles. The SMILES string of the molecule is CNCc1occc1COc1cccc(Br)c1. The molecule has 1 heterocycles. The minimum absolute atomic E-state index is 0.518. The minimum Gasteiger partial charge on any atom is -0.489 e. The first kappa shape index (κ1) is 12.2. The second-order valence-corrected chi connectivity index (χ2v) is 4.56. The van der Waals surface area contributed by atoms with Gasteiger partial charge in [0.05, 0.1) is 12.8 Å². The van der Waals surface area contributed by atoms with E-state index in [-0.39, 0.29) is 0 Å². The van der Waals surface area contributed by atoms with Crippen molar-refractivity contribution in [1.82, 2.24) is 5.32 Å². The molecule has 3 nitrogen and oxygen atoms in total. The van der Waals surface area contributed by atoms with Gasteiger partial charge in [-0.05, 0) is 31.3 Å². The second-order valence-electron chi connectivity index (χ2n) is 3.65. The van der Waals surface area contributed by atoms with Crippen LogP contribution in [0.2, 0.25) is 0 Å². The number of hydrogen-bond donors (Lipinski definition) is 1. The van der Waals surface area contributed by atoms with Crippen LogP contribution >= 0.6 is 15.9 Å². The molecule has 0 saturated heterocycles. The molecule has 1 aromatic heterocycles. The van der Waals surface area contributed by atoms with Gasteiger partial charge in [0.1, 0.15) is 18.1 Å². The van der Waals surface area contributed by atoms with E-state index in [2.05, 4.69) is 21.2 Å². The molecule has 0 aliphatic rings. The molecule has 0 aliphatic carbocycles. The maximum Gasteiger partial charge on any atom is 0.124 e. The van der Waals surface area contributed by atoms with E-state index in [1.165, 1.54) is 0 Å². The molecule has 1 N–H and O–H groups in total. The molecule has 0 atom stereocenters. The van der Waals surface area contributed by atoms with Crippen molar-refractivity contribution >= 4 is 15.9 Å². The molecule has 90 valence electrons. The summed E-state index contributed by atoms with van der Waals surface area (Å²) in [6.45, 7) is 1.23. The van der Waals surface area contributed by atoms with Crippen molar-refractivity contribution in [2.75, 3.05) is 7.05 Å². The van der Waals surface area contributed by atoms with Gasteiger partial charge in [-0.1, -0.05) is 22.0 Å². The molecule has 0 radical (unpaired) electrons. The highest BCUT2D eigenvalue weighted by molar-refractivity contribution is 9.10. The van der Waals surface area contributed by atoms with Crippen LogP contribution in [0.5, 0.6) is 5.75 Å². The number of rotatable bonds is 5. The summed E-state index contributed by atoms with van der Waals surface area (Å²) in [4.78, 5) is 0. The van der Waals surface area contributed by atoms with Gasteiger partial charge >= 0.3 is 0 Å². The lowest BCUT2D eigenvalue weighted by Gasteiger charge is -2.06. The lowest BCUT2D eigenvalue weighted by Crippen LogP contribution is -2.07. The Morgan fingerprint density at radius 2 is 2.24 bits per heavy atom. The van der Waals surface area contributed by atoms with Crippen LogP contribution in [0.15, 0.2) is 45.5 Å². The predicted molar refractivity (Wildman–Crippen MR) is 69.9 cm³/mol. The number of furan rings is 1. The summed E-state index contributed by atoms with van der Waals surface area (Å²) in [5.41, 5.74) is 1.07. The molecule has 0 spiro atoms. The quantitative estimate of drug-likeness (QED) is 0.919. The van der Waals surface area contributed by atoms with Crippen LogP contribution in [0.3, 0.4) is 0 Å². The first-order valence-electron chi connectivity index (χ1n) is 5.38. The Bertz CT molecular complexity index is 482. The van der Waals surface area contributed by atoms with Crippen molar-refractivity contribution in [1.29, 1.82) is 0 Å². The first-order chi connectivity index (χ1) is 8.29. The molecule has 0 fully saturated rings. The van der Waals surface area contributed by atoms with Crippen LogP contribution < -0.4 is 10.1 Å². The summed E-state index contributed by atoms with van der Waals surface area (Å²) in [5.74, 6) is 1.76. The Morgan fingerprint density at radius 1 is 1.35 bits per heavy atom. The van der Waals surface area contributed by atoms with Gasteiger partial charge < -0.3 is 14.5 Å². The molecule has 0 aliphatic heterocycles. The van der Waals surface area contributed by atoms with Crippen molar-refractivity contribution in [2.24, 2.45) is 0 Å². The van der Waals surface area contributed by atoms with Gasteiger partial charge in [0.2, 0.25) is 0 Å². The van der Waals surface area contributed by atoms with Gasteiger partial charge in [0.25, 0.3) is 0 Å². The summed E-state index contributed by atoms with van der Waals surface area (Å²) >= 11 is 3.41. The average Bonchev–Trinajstić information content (AvgIpc) is 2.75. The molecule has 17 heavy (non-hydrogen) atoms. The highest BCUT2D eigenvalue weighted by Gasteiger charge is 2.06. The van der Waals surface area contributed by atoms with Crippen LogP contribution in [0.4, 0.5) is 0 Å². The highest BCUT2D eigenvalue weighted by Crippen LogP contribution is 2.20. The summed E-state index contributed by atoms with van der Waals surface area (Å²) in [6, 6.07) is 9.73. The Morgan fingerprint density at radius 3 is 3.00 bits per heavy atom. The number of nitrogens with one attached hydrogen (secondary N) is 1. The van der Waals surface area contributed by atoms with Crippen LogP contribution in [0.25, 0.3) is 0 Å². The monoisotopic (exact) mass is 295 g/mol. The van der Waals surface area contributed by atoms with E-state index in [4.69, 9.17) is 9.15 Å². The van der Waals surface area contributed by atoms with E-state index in [1.54, 1.807) is 6.26 Å². The van der Waals surface area contributed by atoms with Crippen LogP contribution in [0.1, 0.15) is 11.3 Å². The van der Waals surface area contributed by atoms with Gasteiger partial charge in [-0.2, -0.15) is 0 Å². The van der Waals surface area contributed by atoms with Crippen molar-refractivity contribution in [3.05, 3.63) is 52.4 Å². The Hall–Kier alpha value is -1.26. The van der Waals surface area contributed by atoms with E-state index in [1.807, 2.05) is 37.4 Å². The molecule has 4 heteroatoms. The number of halogens is 1. The number of hydrogen-bond acceptors (Lipinski definition) is 3. The number of ether oxygens (including phenoxy) is 1. The largest absolute Gasteiger partial charge is 0.489 e. The van der Waals surface area contributed by atoms with Crippen molar-refractivity contribution in [2.45, 2.75) is 13.2 Å². The van der Waals surface area contributed by atoms with E-state index >= 15 is 0 Å². The van der Waals surface area contributed by atoms with E-state index in [0.717, 1.165) is 21.5 Å². The summed E-state index contributed by atoms with van der Waals surface area (Å²) in [7, 11) is 1.89. The summed E-state index contributed by atoms with van der Waals surface area (Å²) < 4.78 is 12.1. The van der Waals surface area contributed by atoms with Crippen LogP contribution in [-0.2, 0) is 13.2 Å². The summed E-state index contributed by atoms with van der Waals surface area (Å²) in [5, 5.41) is 3.06. The lowest BCUT2D eigenvalue weighted by atomic mass is 10.2. The fourth-order valence-corrected chi connectivity index (χ4v) is 1.91. The molecule has 1 aromatic carbocycles. The third-order valence-corrected chi connectivity index (χ3v) is 2.86. The Balaban J connectivity index is 1.99. The maximum atomic E-state index is 5.70. The van der Waals surface area contributed by atoms with E-state index in [9.17, 15) is 0 Å². The Labute approximate surface area is 109 Å². The van der Waals surface area contributed by atoms with E-state index in [0.29, 0.717) is 13.2 Å². The second kappa shape index (κ2) is 5.89. The normalized spacial score (nSPS) is 10.5. The molecule has 2 rings (SSSR count). The standard InChI is InChI=1S/C13H14BrNO2/c1-15-8-13-10(5-6-16-13)9-17-12-4-2-3-11(14)7-12/h2-7,15H,8-9H2,1H3. The van der Waals surface area contributed by atoms with E-state index < -0.39 is 0 Å². The topological polar surface area (TPSA) is 34.4 Å². The van der Waals surface area contributed by atoms with Crippen molar-refractivity contribution in [3.63, 3.8) is 0 Å². The van der Waals surface area contributed by atoms with Gasteiger partial charge in [-0.15, -0.1) is 0 Å². The summed E-state index contributed by atoms with van der Waals surface area (Å²) in [6.07, 6.45) is 1.69. The van der Waals surface area contributed by atoms with Crippen LogP contribution in [0, 0.1) is 0 Å². The molecule has 0 unspecified atom stereocenters. The molecule has 0 amide bonds. The highest BCUT2D eigenvalue weighted by atomic mass is 79.9. The maximum absolute atomic E-state index is 5.70. The lowest BCUT2D eigenvalue weighted by molar-refractivity contribution is 0.301. The number of benzene rings is 1. The third kappa shape index (κ3) is 3.35.